The van der Waals surface area contributed by atoms with E-state index < -0.39 is 5.79 Å². The molecule has 1 aliphatic carbocycles. The first-order valence-corrected chi connectivity index (χ1v) is 11.7. The Bertz CT molecular complexity index is 1180. The van der Waals surface area contributed by atoms with E-state index in [-0.39, 0.29) is 23.7 Å². The van der Waals surface area contributed by atoms with Gasteiger partial charge in [-0.25, -0.2) is 0 Å². The monoisotopic (exact) mass is 443 g/mol. The minimum absolute atomic E-state index is 0.122. The van der Waals surface area contributed by atoms with Gasteiger partial charge in [-0.1, -0.05) is 36.4 Å². The van der Waals surface area contributed by atoms with Crippen LogP contribution < -0.4 is 0 Å². The largest absolute Gasteiger partial charge is 0.466 e. The molecule has 4 aliphatic rings. The minimum Gasteiger partial charge on any atom is -0.466 e. The van der Waals surface area contributed by atoms with Gasteiger partial charge in [0.25, 0.3) is 11.8 Å². The van der Waals surface area contributed by atoms with Crippen molar-refractivity contribution in [2.75, 3.05) is 6.54 Å². The van der Waals surface area contributed by atoms with Gasteiger partial charge >= 0.3 is 0 Å². The molecular formula is C27H25NO5. The molecular weight excluding hydrogens is 418 g/mol. The van der Waals surface area contributed by atoms with Crippen molar-refractivity contribution < 1.29 is 23.9 Å². The van der Waals surface area contributed by atoms with E-state index in [1.54, 1.807) is 24.3 Å². The molecule has 0 N–H and O–H groups in total. The van der Waals surface area contributed by atoms with Crippen molar-refractivity contribution in [3.05, 3.63) is 82.1 Å². The second-order valence-electron chi connectivity index (χ2n) is 9.26. The quantitative estimate of drug-likeness (QED) is 0.503. The van der Waals surface area contributed by atoms with Gasteiger partial charge in [0.2, 0.25) is 5.79 Å². The summed E-state index contributed by atoms with van der Waals surface area (Å²) in [6.07, 6.45) is 4.39. The molecule has 0 spiro atoms. The van der Waals surface area contributed by atoms with Crippen LogP contribution in [0.4, 0.5) is 0 Å². The SMILES string of the molecule is O=C1CCCC2=C1[C@H]1O[C@](CCCCN3C(=O)c4ccccc4C3=O)(Cc3ccccc31)O2. The van der Waals surface area contributed by atoms with Crippen LogP contribution in [-0.2, 0) is 20.7 Å². The number of unbranched alkanes of at least 4 members (excludes halogenated alkanes) is 1. The first-order chi connectivity index (χ1) is 16.1. The van der Waals surface area contributed by atoms with E-state index in [2.05, 4.69) is 6.07 Å². The number of hydrogen-bond acceptors (Lipinski definition) is 5. The van der Waals surface area contributed by atoms with Gasteiger partial charge in [0.1, 0.15) is 11.9 Å². The van der Waals surface area contributed by atoms with Crippen molar-refractivity contribution in [1.82, 2.24) is 4.90 Å². The maximum absolute atomic E-state index is 12.7. The van der Waals surface area contributed by atoms with E-state index in [1.165, 1.54) is 4.90 Å². The summed E-state index contributed by atoms with van der Waals surface area (Å²) >= 11 is 0. The number of Topliss-reactive ketones (excluding diaryl/α,β-unsaturated/α-hetero) is 1. The maximum Gasteiger partial charge on any atom is 0.261 e. The lowest BCUT2D eigenvalue weighted by Gasteiger charge is -2.48. The number of allylic oxidation sites excluding steroid dienone is 1. The van der Waals surface area contributed by atoms with E-state index in [0.29, 0.717) is 48.9 Å². The Morgan fingerprint density at radius 3 is 2.42 bits per heavy atom. The lowest BCUT2D eigenvalue weighted by Crippen LogP contribution is -2.48. The molecule has 6 nitrogen and oxygen atoms in total. The molecule has 6 rings (SSSR count). The van der Waals surface area contributed by atoms with Gasteiger partial charge in [-0.2, -0.15) is 0 Å². The Labute approximate surface area is 192 Å². The highest BCUT2D eigenvalue weighted by Crippen LogP contribution is 2.50. The molecule has 0 aromatic heterocycles. The summed E-state index contributed by atoms with van der Waals surface area (Å²) in [5.74, 6) is -0.339. The number of nitrogens with zero attached hydrogens (tertiary/aromatic N) is 1. The molecule has 2 bridgehead atoms. The molecule has 2 aromatic rings. The third kappa shape index (κ3) is 3.23. The Hall–Kier alpha value is -3.25. The van der Waals surface area contributed by atoms with Gasteiger partial charge in [0.15, 0.2) is 5.78 Å². The first kappa shape index (κ1) is 20.4. The van der Waals surface area contributed by atoms with Crippen LogP contribution in [0.2, 0.25) is 0 Å². The normalized spacial score (nSPS) is 25.5. The number of ketones is 1. The molecule has 0 radical (unpaired) electrons. The third-order valence-electron chi connectivity index (χ3n) is 7.18. The number of carbonyl (C=O) groups is 3. The Morgan fingerprint density at radius 2 is 1.64 bits per heavy atom. The zero-order valence-corrected chi connectivity index (χ0v) is 18.3. The molecule has 2 aromatic carbocycles. The molecule has 3 heterocycles. The van der Waals surface area contributed by atoms with Gasteiger partial charge in [-0.15, -0.1) is 0 Å². The molecule has 2 atom stereocenters. The second-order valence-corrected chi connectivity index (χ2v) is 9.26. The van der Waals surface area contributed by atoms with E-state index in [1.807, 2.05) is 18.2 Å². The van der Waals surface area contributed by atoms with E-state index in [4.69, 9.17) is 9.47 Å². The van der Waals surface area contributed by atoms with Crippen molar-refractivity contribution in [3.63, 3.8) is 0 Å². The topological polar surface area (TPSA) is 72.9 Å². The first-order valence-electron chi connectivity index (χ1n) is 11.7. The van der Waals surface area contributed by atoms with Crippen LogP contribution in [0.5, 0.6) is 0 Å². The molecule has 0 unspecified atom stereocenters. The summed E-state index contributed by atoms with van der Waals surface area (Å²) in [7, 11) is 0. The number of ether oxygens (including phenoxy) is 2. The molecule has 33 heavy (non-hydrogen) atoms. The molecule has 0 fully saturated rings. The Balaban J connectivity index is 1.18. The van der Waals surface area contributed by atoms with Gasteiger partial charge in [-0.3, -0.25) is 19.3 Å². The van der Waals surface area contributed by atoms with Crippen molar-refractivity contribution >= 4 is 17.6 Å². The van der Waals surface area contributed by atoms with Crippen LogP contribution >= 0.6 is 0 Å². The molecule has 2 amide bonds. The molecule has 168 valence electrons. The number of carbonyl (C=O) groups excluding carboxylic acids is 3. The zero-order chi connectivity index (χ0) is 22.6. The number of imide groups is 1. The highest BCUT2D eigenvalue weighted by Gasteiger charge is 2.50. The van der Waals surface area contributed by atoms with E-state index in [0.717, 1.165) is 36.1 Å². The summed E-state index contributed by atoms with van der Waals surface area (Å²) in [5, 5.41) is 0. The highest BCUT2D eigenvalue weighted by molar-refractivity contribution is 6.21. The lowest BCUT2D eigenvalue weighted by atomic mass is 9.81. The standard InChI is InChI=1S/C27H25NO5/c29-21-12-7-13-22-23(21)24-18-9-2-1-8-17(18)16-27(32-22,33-24)14-5-6-15-28-25(30)19-10-3-4-11-20(19)26(28)31/h1-4,8-11,24H,5-7,12-16H2/t24-,27+/m0/s1. The number of benzene rings is 2. The molecule has 3 aliphatic heterocycles. The van der Waals surface area contributed by atoms with Crippen molar-refractivity contribution in [3.8, 4) is 0 Å². The number of amides is 2. The van der Waals surface area contributed by atoms with E-state index in [9.17, 15) is 14.4 Å². The summed E-state index contributed by atoms with van der Waals surface area (Å²) in [4.78, 5) is 39.3. The predicted octanol–water partition coefficient (Wildman–Crippen LogP) is 4.50. The summed E-state index contributed by atoms with van der Waals surface area (Å²) < 4.78 is 12.9. The van der Waals surface area contributed by atoms with Gasteiger partial charge < -0.3 is 9.47 Å². The van der Waals surface area contributed by atoms with Gasteiger partial charge in [0.05, 0.1) is 16.7 Å². The van der Waals surface area contributed by atoms with Gasteiger partial charge in [0, 0.05) is 32.2 Å². The molecule has 0 saturated heterocycles. The van der Waals surface area contributed by atoms with Crippen LogP contribution in [0.3, 0.4) is 0 Å². The summed E-state index contributed by atoms with van der Waals surface area (Å²) in [6.45, 7) is 0.370. The maximum atomic E-state index is 12.7. The third-order valence-corrected chi connectivity index (χ3v) is 7.18. The number of rotatable bonds is 5. The smallest absolute Gasteiger partial charge is 0.261 e. The average molecular weight is 443 g/mol. The van der Waals surface area contributed by atoms with Crippen LogP contribution in [0.25, 0.3) is 0 Å². The van der Waals surface area contributed by atoms with Crippen molar-refractivity contribution in [2.45, 2.75) is 56.8 Å². The van der Waals surface area contributed by atoms with Crippen LogP contribution in [0.15, 0.2) is 59.9 Å². The van der Waals surface area contributed by atoms with E-state index >= 15 is 0 Å². The molecule has 6 heteroatoms. The molecule has 0 saturated carbocycles. The van der Waals surface area contributed by atoms with Crippen LogP contribution in [0, 0.1) is 0 Å². The Kier molecular flexibility index (Phi) is 4.73. The number of hydrogen-bond donors (Lipinski definition) is 0. The van der Waals surface area contributed by atoms with Crippen LogP contribution in [0.1, 0.15) is 76.5 Å². The second kappa shape index (κ2) is 7.66. The fourth-order valence-electron chi connectivity index (χ4n) is 5.60. The highest BCUT2D eigenvalue weighted by atomic mass is 16.7. The average Bonchev–Trinajstić information content (AvgIpc) is 3.06. The number of fused-ring (bicyclic) bond motifs is 6. The van der Waals surface area contributed by atoms with Crippen molar-refractivity contribution in [1.29, 1.82) is 0 Å². The minimum atomic E-state index is -0.808. The Morgan fingerprint density at radius 1 is 0.909 bits per heavy atom. The zero-order valence-electron chi connectivity index (χ0n) is 18.3. The summed E-state index contributed by atoms with van der Waals surface area (Å²) in [5.41, 5.74) is 3.86. The summed E-state index contributed by atoms with van der Waals surface area (Å²) in [6, 6.07) is 15.1. The fraction of sp³-hybridized carbons (Fsp3) is 0.370. The lowest BCUT2D eigenvalue weighted by molar-refractivity contribution is -0.264. The predicted molar refractivity (Wildman–Crippen MR) is 119 cm³/mol. The van der Waals surface area contributed by atoms with Crippen molar-refractivity contribution in [2.24, 2.45) is 0 Å². The fourth-order valence-corrected chi connectivity index (χ4v) is 5.60. The van der Waals surface area contributed by atoms with Crippen LogP contribution in [-0.4, -0.2) is 34.8 Å². The van der Waals surface area contributed by atoms with Gasteiger partial charge in [-0.05, 0) is 42.5 Å².